The van der Waals surface area contributed by atoms with Gasteiger partial charge in [0.05, 0.1) is 16.5 Å². The van der Waals surface area contributed by atoms with Crippen molar-refractivity contribution in [1.82, 2.24) is 9.62 Å². The second-order valence-electron chi connectivity index (χ2n) is 7.59. The Morgan fingerprint density at radius 1 is 0.818 bits per heavy atom. The third-order valence-corrected chi connectivity index (χ3v) is 7.59. The average molecular weight is 465 g/mol. The topological polar surface area (TPSA) is 83.6 Å². The highest BCUT2D eigenvalue weighted by Gasteiger charge is 2.23. The zero-order valence-electron chi connectivity index (χ0n) is 19.0. The van der Waals surface area contributed by atoms with Gasteiger partial charge in [0.25, 0.3) is 5.91 Å². The fourth-order valence-electron chi connectivity index (χ4n) is 3.62. The molecule has 3 rings (SSSR count). The van der Waals surface area contributed by atoms with Crippen LogP contribution in [-0.4, -0.2) is 37.5 Å². The maximum Gasteiger partial charge on any atom is 0.252 e. The molecule has 3 aromatic carbocycles. The molecule has 0 fully saturated rings. The lowest BCUT2D eigenvalue weighted by molar-refractivity contribution is 0.0929. The van der Waals surface area contributed by atoms with Crippen LogP contribution in [0.25, 0.3) is 0 Å². The van der Waals surface area contributed by atoms with Crippen LogP contribution in [0.1, 0.15) is 58.7 Å². The molecule has 0 unspecified atom stereocenters. The molecule has 1 atom stereocenters. The first-order valence-corrected chi connectivity index (χ1v) is 12.3. The Labute approximate surface area is 195 Å². The molecule has 0 aliphatic carbocycles. The molecular weight excluding hydrogens is 436 g/mol. The minimum atomic E-state index is -3.54. The summed E-state index contributed by atoms with van der Waals surface area (Å²) in [5.41, 5.74) is 1.89. The van der Waals surface area contributed by atoms with Crippen LogP contribution in [-0.2, 0) is 10.0 Å². The van der Waals surface area contributed by atoms with Crippen LogP contribution in [0.3, 0.4) is 0 Å². The molecule has 0 saturated heterocycles. The van der Waals surface area contributed by atoms with Crippen LogP contribution in [0, 0.1) is 0 Å². The number of carbonyl (C=O) groups is 2. The van der Waals surface area contributed by atoms with Crippen LogP contribution in [0.15, 0.2) is 83.8 Å². The van der Waals surface area contributed by atoms with E-state index in [0.717, 1.165) is 5.56 Å². The number of nitrogens with one attached hydrogen (secondary N) is 1. The quantitative estimate of drug-likeness (QED) is 0.475. The normalized spacial score (nSPS) is 12.4. The fourth-order valence-corrected chi connectivity index (χ4v) is 5.08. The molecule has 0 aliphatic heterocycles. The van der Waals surface area contributed by atoms with E-state index in [1.165, 1.54) is 4.31 Å². The van der Waals surface area contributed by atoms with Crippen LogP contribution < -0.4 is 5.32 Å². The second kappa shape index (κ2) is 10.6. The van der Waals surface area contributed by atoms with Gasteiger partial charge in [-0.05, 0) is 30.7 Å². The lowest BCUT2D eigenvalue weighted by atomic mass is 9.97. The highest BCUT2D eigenvalue weighted by atomic mass is 32.2. The van der Waals surface area contributed by atoms with Gasteiger partial charge in [0, 0.05) is 24.2 Å². The number of benzene rings is 3. The number of hydrogen-bond donors (Lipinski definition) is 1. The average Bonchev–Trinajstić information content (AvgIpc) is 2.84. The van der Waals surface area contributed by atoms with Crippen molar-refractivity contribution in [3.05, 3.63) is 101 Å². The molecule has 7 heteroatoms. The smallest absolute Gasteiger partial charge is 0.252 e. The first kappa shape index (κ1) is 24.4. The zero-order chi connectivity index (χ0) is 24.0. The summed E-state index contributed by atoms with van der Waals surface area (Å²) >= 11 is 0. The predicted octanol–water partition coefficient (Wildman–Crippen LogP) is 4.44. The van der Waals surface area contributed by atoms with E-state index >= 15 is 0 Å². The van der Waals surface area contributed by atoms with Crippen molar-refractivity contribution >= 4 is 21.7 Å². The molecule has 1 N–H and O–H groups in total. The molecule has 6 nitrogen and oxygen atoms in total. The summed E-state index contributed by atoms with van der Waals surface area (Å²) in [6.07, 6.45) is 0. The molecule has 0 bridgehead atoms. The molecule has 0 heterocycles. The van der Waals surface area contributed by atoms with E-state index < -0.39 is 10.0 Å². The Morgan fingerprint density at radius 2 is 1.36 bits per heavy atom. The van der Waals surface area contributed by atoms with Gasteiger partial charge in [-0.3, -0.25) is 9.59 Å². The van der Waals surface area contributed by atoms with Gasteiger partial charge in [0.1, 0.15) is 0 Å². The van der Waals surface area contributed by atoms with Gasteiger partial charge in [-0.2, -0.15) is 4.31 Å². The Bertz CT molecular complexity index is 1220. The molecule has 172 valence electrons. The Kier molecular flexibility index (Phi) is 7.79. The first-order valence-electron chi connectivity index (χ1n) is 10.9. The van der Waals surface area contributed by atoms with Crippen molar-refractivity contribution in [3.63, 3.8) is 0 Å². The maximum absolute atomic E-state index is 13.0. The molecular formula is C26H28N2O4S. The van der Waals surface area contributed by atoms with Gasteiger partial charge in [-0.1, -0.05) is 74.5 Å². The molecule has 0 radical (unpaired) electrons. The number of hydrogen-bond acceptors (Lipinski definition) is 4. The van der Waals surface area contributed by atoms with E-state index in [2.05, 4.69) is 5.32 Å². The number of sulfonamides is 1. The Morgan fingerprint density at radius 3 is 1.94 bits per heavy atom. The third-order valence-electron chi connectivity index (χ3n) is 5.52. The van der Waals surface area contributed by atoms with Crippen molar-refractivity contribution < 1.29 is 18.0 Å². The number of nitrogens with zero attached hydrogens (tertiary/aromatic N) is 1. The van der Waals surface area contributed by atoms with Crippen molar-refractivity contribution in [2.45, 2.75) is 31.7 Å². The van der Waals surface area contributed by atoms with Gasteiger partial charge in [0.15, 0.2) is 5.78 Å². The third kappa shape index (κ3) is 5.38. The van der Waals surface area contributed by atoms with Gasteiger partial charge in [-0.25, -0.2) is 8.42 Å². The Hall–Kier alpha value is -3.29. The van der Waals surface area contributed by atoms with Crippen molar-refractivity contribution in [1.29, 1.82) is 0 Å². The van der Waals surface area contributed by atoms with Crippen LogP contribution >= 0.6 is 0 Å². The monoisotopic (exact) mass is 464 g/mol. The Balaban J connectivity index is 1.79. The summed E-state index contributed by atoms with van der Waals surface area (Å²) < 4.78 is 26.8. The lowest BCUT2D eigenvalue weighted by Gasteiger charge is -2.19. The summed E-state index contributed by atoms with van der Waals surface area (Å²) in [5.74, 6) is -0.595. The number of ketones is 1. The summed E-state index contributed by atoms with van der Waals surface area (Å²) in [6, 6.07) is 21.6. The molecule has 1 amide bonds. The number of rotatable bonds is 9. The van der Waals surface area contributed by atoms with Gasteiger partial charge >= 0.3 is 0 Å². The van der Waals surface area contributed by atoms with Crippen molar-refractivity contribution in [3.8, 4) is 0 Å². The molecule has 0 aliphatic rings. The standard InChI is InChI=1S/C26H28N2O4S/c1-4-28(5-2)33(31,32)22-17-15-20(16-18-22)19(3)27-26(30)24-14-10-9-13-23(24)25(29)21-11-7-6-8-12-21/h6-19H,4-5H2,1-3H3,(H,27,30)/t19-/m1/s1. The van der Waals surface area contributed by atoms with E-state index in [4.69, 9.17) is 0 Å². The summed E-state index contributed by atoms with van der Waals surface area (Å²) in [7, 11) is -3.54. The zero-order valence-corrected chi connectivity index (χ0v) is 19.8. The minimum Gasteiger partial charge on any atom is -0.345 e. The molecule has 0 aromatic heterocycles. The summed E-state index contributed by atoms with van der Waals surface area (Å²) in [5, 5.41) is 2.91. The molecule has 33 heavy (non-hydrogen) atoms. The van der Waals surface area contributed by atoms with E-state index in [1.807, 2.05) is 13.0 Å². The largest absolute Gasteiger partial charge is 0.345 e. The fraction of sp³-hybridized carbons (Fsp3) is 0.231. The van der Waals surface area contributed by atoms with Crippen LogP contribution in [0.4, 0.5) is 0 Å². The maximum atomic E-state index is 13.0. The first-order chi connectivity index (χ1) is 15.8. The van der Waals surface area contributed by atoms with Crippen molar-refractivity contribution in [2.24, 2.45) is 0 Å². The van der Waals surface area contributed by atoms with Crippen LogP contribution in [0.5, 0.6) is 0 Å². The number of carbonyl (C=O) groups excluding carboxylic acids is 2. The van der Waals surface area contributed by atoms with Crippen molar-refractivity contribution in [2.75, 3.05) is 13.1 Å². The van der Waals surface area contributed by atoms with Crippen LogP contribution in [0.2, 0.25) is 0 Å². The van der Waals surface area contributed by atoms with Gasteiger partial charge in [-0.15, -0.1) is 0 Å². The number of amides is 1. The van der Waals surface area contributed by atoms with Gasteiger partial charge in [0.2, 0.25) is 10.0 Å². The second-order valence-corrected chi connectivity index (χ2v) is 9.53. The van der Waals surface area contributed by atoms with Gasteiger partial charge < -0.3 is 5.32 Å². The van der Waals surface area contributed by atoms with E-state index in [9.17, 15) is 18.0 Å². The minimum absolute atomic E-state index is 0.215. The lowest BCUT2D eigenvalue weighted by Crippen LogP contribution is -2.30. The molecule has 0 saturated carbocycles. The highest BCUT2D eigenvalue weighted by molar-refractivity contribution is 7.89. The SMILES string of the molecule is CCN(CC)S(=O)(=O)c1ccc([C@@H](C)NC(=O)c2ccccc2C(=O)c2ccccc2)cc1. The summed E-state index contributed by atoms with van der Waals surface area (Å²) in [4.78, 5) is 26.1. The highest BCUT2D eigenvalue weighted by Crippen LogP contribution is 2.21. The molecule has 3 aromatic rings. The molecule has 0 spiro atoms. The van der Waals surface area contributed by atoms with E-state index in [1.54, 1.807) is 86.6 Å². The van der Waals surface area contributed by atoms with E-state index in [0.29, 0.717) is 29.8 Å². The summed E-state index contributed by atoms with van der Waals surface area (Å²) in [6.45, 7) is 6.20. The van der Waals surface area contributed by atoms with E-state index in [-0.39, 0.29) is 22.6 Å². The predicted molar refractivity (Wildman–Crippen MR) is 129 cm³/mol.